The van der Waals surface area contributed by atoms with Crippen LogP contribution < -0.4 is 15.4 Å². The summed E-state index contributed by atoms with van der Waals surface area (Å²) < 4.78 is 5.55. The van der Waals surface area contributed by atoms with Crippen molar-refractivity contribution in [3.8, 4) is 5.75 Å². The van der Waals surface area contributed by atoms with Gasteiger partial charge >= 0.3 is 5.97 Å². The van der Waals surface area contributed by atoms with Gasteiger partial charge < -0.3 is 15.4 Å². The summed E-state index contributed by atoms with van der Waals surface area (Å²) in [6.45, 7) is 7.57. The molecule has 1 heterocycles. The van der Waals surface area contributed by atoms with E-state index in [-0.39, 0.29) is 5.97 Å². The first-order valence-electron chi connectivity index (χ1n) is 9.16. The molecule has 0 aliphatic carbocycles. The van der Waals surface area contributed by atoms with Gasteiger partial charge in [-0.25, -0.2) is 4.79 Å². The Kier molecular flexibility index (Phi) is 4.81. The molecule has 0 spiro atoms. The van der Waals surface area contributed by atoms with E-state index in [9.17, 15) is 4.79 Å². The maximum absolute atomic E-state index is 12.5. The van der Waals surface area contributed by atoms with Crippen molar-refractivity contribution in [1.29, 1.82) is 0 Å². The number of carbonyl (C=O) groups excluding carboxylic acids is 1. The topological polar surface area (TPSA) is 62.7 Å². The lowest BCUT2D eigenvalue weighted by Crippen LogP contribution is -2.26. The molecule has 0 bridgehead atoms. The first-order valence-corrected chi connectivity index (χ1v) is 9.16. The molecule has 4 rings (SSSR count). The lowest BCUT2D eigenvalue weighted by atomic mass is 10.0. The SMILES string of the molecule is C=C(C)c1ccc2cc(OC(=O)c3ccc(NC4=NCCN4)cc3)ccc2c1. The maximum Gasteiger partial charge on any atom is 0.343 e. The van der Waals surface area contributed by atoms with Gasteiger partial charge in [0.2, 0.25) is 0 Å². The summed E-state index contributed by atoms with van der Waals surface area (Å²) in [6, 6.07) is 18.9. The third-order valence-corrected chi connectivity index (χ3v) is 4.57. The van der Waals surface area contributed by atoms with E-state index in [0.717, 1.165) is 46.6 Å². The zero-order chi connectivity index (χ0) is 19.5. The summed E-state index contributed by atoms with van der Waals surface area (Å²) >= 11 is 0. The highest BCUT2D eigenvalue weighted by Crippen LogP contribution is 2.25. The molecule has 140 valence electrons. The molecule has 0 saturated heterocycles. The largest absolute Gasteiger partial charge is 0.423 e. The zero-order valence-electron chi connectivity index (χ0n) is 15.7. The van der Waals surface area contributed by atoms with Gasteiger partial charge in [-0.15, -0.1) is 0 Å². The minimum atomic E-state index is -0.388. The fraction of sp³-hybridized carbons (Fsp3) is 0.130. The Bertz CT molecular complexity index is 1080. The van der Waals surface area contributed by atoms with Crippen molar-refractivity contribution in [3.05, 3.63) is 78.4 Å². The van der Waals surface area contributed by atoms with Crippen LogP contribution in [0.25, 0.3) is 16.3 Å². The molecule has 3 aromatic carbocycles. The van der Waals surface area contributed by atoms with E-state index in [2.05, 4.69) is 28.3 Å². The van der Waals surface area contributed by atoms with E-state index < -0.39 is 0 Å². The average molecular weight is 371 g/mol. The molecule has 5 nitrogen and oxygen atoms in total. The number of hydrogen-bond acceptors (Lipinski definition) is 5. The monoisotopic (exact) mass is 371 g/mol. The Morgan fingerprint density at radius 2 is 1.75 bits per heavy atom. The molecule has 0 atom stereocenters. The summed E-state index contributed by atoms with van der Waals surface area (Å²) in [5.41, 5.74) is 3.48. The molecule has 0 saturated carbocycles. The highest BCUT2D eigenvalue weighted by Gasteiger charge is 2.10. The fourth-order valence-electron chi connectivity index (χ4n) is 3.03. The Morgan fingerprint density at radius 1 is 1.04 bits per heavy atom. The highest BCUT2D eigenvalue weighted by atomic mass is 16.5. The summed E-state index contributed by atoms with van der Waals surface area (Å²) in [4.78, 5) is 16.7. The molecule has 1 aliphatic heterocycles. The predicted octanol–water partition coefficient (Wildman–Crippen LogP) is 4.46. The van der Waals surface area contributed by atoms with Crippen LogP contribution in [0.3, 0.4) is 0 Å². The van der Waals surface area contributed by atoms with Crippen LogP contribution >= 0.6 is 0 Å². The maximum atomic E-state index is 12.5. The second kappa shape index (κ2) is 7.56. The molecule has 0 unspecified atom stereocenters. The third kappa shape index (κ3) is 3.88. The number of nitrogens with zero attached hydrogens (tertiary/aromatic N) is 1. The van der Waals surface area contributed by atoms with Crippen molar-refractivity contribution in [1.82, 2.24) is 5.32 Å². The molecular formula is C23H21N3O2. The van der Waals surface area contributed by atoms with Gasteiger partial charge in [-0.1, -0.05) is 30.4 Å². The zero-order valence-corrected chi connectivity index (χ0v) is 15.7. The van der Waals surface area contributed by atoms with E-state index in [1.807, 2.05) is 49.4 Å². The van der Waals surface area contributed by atoms with Crippen LogP contribution in [0.1, 0.15) is 22.8 Å². The Morgan fingerprint density at radius 3 is 2.46 bits per heavy atom. The molecule has 0 aromatic heterocycles. The number of hydrogen-bond donors (Lipinski definition) is 2. The molecule has 28 heavy (non-hydrogen) atoms. The van der Waals surface area contributed by atoms with Gasteiger partial charge in [0.15, 0.2) is 5.96 Å². The van der Waals surface area contributed by atoms with Crippen molar-refractivity contribution in [2.45, 2.75) is 6.92 Å². The van der Waals surface area contributed by atoms with Gasteiger partial charge in [-0.3, -0.25) is 4.99 Å². The van der Waals surface area contributed by atoms with E-state index in [0.29, 0.717) is 11.3 Å². The predicted molar refractivity (Wildman–Crippen MR) is 114 cm³/mol. The number of esters is 1. The van der Waals surface area contributed by atoms with Gasteiger partial charge in [0.1, 0.15) is 5.75 Å². The Balaban J connectivity index is 1.46. The molecule has 5 heteroatoms. The van der Waals surface area contributed by atoms with Crippen LogP contribution in [0, 0.1) is 0 Å². The van der Waals surface area contributed by atoms with Crippen molar-refractivity contribution in [2.24, 2.45) is 4.99 Å². The number of benzene rings is 3. The molecule has 3 aromatic rings. The summed E-state index contributed by atoms with van der Waals surface area (Å²) in [5, 5.41) is 8.41. The first kappa shape index (κ1) is 17.8. The minimum absolute atomic E-state index is 0.388. The van der Waals surface area contributed by atoms with Crippen LogP contribution in [0.15, 0.2) is 72.2 Å². The van der Waals surface area contributed by atoms with E-state index >= 15 is 0 Å². The van der Waals surface area contributed by atoms with Gasteiger partial charge in [-0.05, 0) is 65.7 Å². The van der Waals surface area contributed by atoms with E-state index in [1.54, 1.807) is 12.1 Å². The van der Waals surface area contributed by atoms with Gasteiger partial charge in [-0.2, -0.15) is 0 Å². The van der Waals surface area contributed by atoms with Crippen molar-refractivity contribution >= 4 is 34.0 Å². The summed E-state index contributed by atoms with van der Waals surface area (Å²) in [6.07, 6.45) is 0. The first-order chi connectivity index (χ1) is 13.6. The number of ether oxygens (including phenoxy) is 1. The molecule has 0 fully saturated rings. The average Bonchev–Trinajstić information content (AvgIpc) is 3.21. The van der Waals surface area contributed by atoms with Crippen molar-refractivity contribution in [2.75, 3.05) is 18.4 Å². The van der Waals surface area contributed by atoms with Crippen LogP contribution in [0.2, 0.25) is 0 Å². The molecule has 0 amide bonds. The minimum Gasteiger partial charge on any atom is -0.423 e. The summed E-state index contributed by atoms with van der Waals surface area (Å²) in [5.74, 6) is 0.884. The summed E-state index contributed by atoms with van der Waals surface area (Å²) in [7, 11) is 0. The lowest BCUT2D eigenvalue weighted by Gasteiger charge is -2.09. The standard InChI is InChI=1S/C23H21N3O2/c1-15(2)17-3-4-19-14-21(10-7-18(19)13-17)28-22(27)16-5-8-20(9-6-16)26-23-24-11-12-25-23/h3-10,13-14H,1,11-12H2,2H3,(H2,24,25,26). The van der Waals surface area contributed by atoms with Crippen LogP contribution in [0.4, 0.5) is 5.69 Å². The molecular weight excluding hydrogens is 350 g/mol. The molecule has 0 radical (unpaired) electrons. The number of guanidine groups is 1. The number of allylic oxidation sites excluding steroid dienone is 1. The smallest absolute Gasteiger partial charge is 0.343 e. The van der Waals surface area contributed by atoms with Gasteiger partial charge in [0, 0.05) is 12.2 Å². The number of carbonyl (C=O) groups is 1. The highest BCUT2D eigenvalue weighted by molar-refractivity contribution is 5.96. The van der Waals surface area contributed by atoms with Gasteiger partial charge in [0.25, 0.3) is 0 Å². The number of anilines is 1. The van der Waals surface area contributed by atoms with Crippen molar-refractivity contribution in [3.63, 3.8) is 0 Å². The van der Waals surface area contributed by atoms with Crippen LogP contribution in [-0.2, 0) is 0 Å². The molecule has 1 aliphatic rings. The van der Waals surface area contributed by atoms with Gasteiger partial charge in [0.05, 0.1) is 12.1 Å². The lowest BCUT2D eigenvalue weighted by molar-refractivity contribution is 0.0735. The van der Waals surface area contributed by atoms with E-state index in [1.165, 1.54) is 0 Å². The number of aliphatic imine (C=N–C) groups is 1. The van der Waals surface area contributed by atoms with Crippen molar-refractivity contribution < 1.29 is 9.53 Å². The fourth-order valence-corrected chi connectivity index (χ4v) is 3.03. The number of fused-ring (bicyclic) bond motifs is 1. The number of nitrogens with one attached hydrogen (secondary N) is 2. The normalized spacial score (nSPS) is 13.0. The van der Waals surface area contributed by atoms with E-state index in [4.69, 9.17) is 4.74 Å². The Labute approximate surface area is 163 Å². The Hall–Kier alpha value is -3.60. The third-order valence-electron chi connectivity index (χ3n) is 4.57. The second-order valence-corrected chi connectivity index (χ2v) is 6.75. The number of rotatable bonds is 4. The second-order valence-electron chi connectivity index (χ2n) is 6.75. The quantitative estimate of drug-likeness (QED) is 0.525. The van der Waals surface area contributed by atoms with Crippen LogP contribution in [-0.4, -0.2) is 25.0 Å². The van der Waals surface area contributed by atoms with Crippen LogP contribution in [0.5, 0.6) is 5.75 Å². The molecule has 2 N–H and O–H groups in total.